The maximum Gasteiger partial charge on any atom is 0.232 e. The van der Waals surface area contributed by atoms with E-state index in [-0.39, 0.29) is 18.1 Å². The zero-order valence-corrected chi connectivity index (χ0v) is 11.7. The fraction of sp³-hybridized carbons (Fsp3) is 0.267. The number of Topliss-reactive ketones (excluding diaryl/α,β-unsaturated/α-hetero) is 1. The smallest absolute Gasteiger partial charge is 0.232 e. The highest BCUT2D eigenvalue weighted by Crippen LogP contribution is 2.13. The molecule has 0 aliphatic carbocycles. The van der Waals surface area contributed by atoms with Gasteiger partial charge in [-0.25, -0.2) is 4.98 Å². The number of nitrogens with one attached hydrogen (secondary N) is 1. The molecule has 5 nitrogen and oxygen atoms in total. The van der Waals surface area contributed by atoms with Crippen molar-refractivity contribution in [3.8, 4) is 0 Å². The number of carbonyl (C=O) groups is 2. The van der Waals surface area contributed by atoms with Gasteiger partial charge in [0.1, 0.15) is 5.76 Å². The molecule has 1 heterocycles. The first-order valence-corrected chi connectivity index (χ1v) is 6.29. The summed E-state index contributed by atoms with van der Waals surface area (Å²) in [6, 6.07) is 6.77. The molecule has 0 spiro atoms. The molecule has 0 unspecified atom stereocenters. The average molecular weight is 272 g/mol. The Balaban J connectivity index is 2.01. The summed E-state index contributed by atoms with van der Waals surface area (Å²) < 4.78 is 5.36. The maximum atomic E-state index is 11.9. The number of nitrogens with zero attached hydrogens (tertiary/aromatic N) is 1. The van der Waals surface area contributed by atoms with Gasteiger partial charge in [0.15, 0.2) is 11.7 Å². The van der Waals surface area contributed by atoms with Crippen molar-refractivity contribution in [1.82, 2.24) is 4.98 Å². The van der Waals surface area contributed by atoms with Gasteiger partial charge >= 0.3 is 0 Å². The van der Waals surface area contributed by atoms with Crippen LogP contribution in [0.1, 0.15) is 34.6 Å². The number of rotatable bonds is 4. The van der Waals surface area contributed by atoms with Crippen molar-refractivity contribution in [2.75, 3.05) is 5.32 Å². The van der Waals surface area contributed by atoms with Crippen molar-refractivity contribution in [1.29, 1.82) is 0 Å². The van der Waals surface area contributed by atoms with Gasteiger partial charge in [-0.1, -0.05) is 0 Å². The summed E-state index contributed by atoms with van der Waals surface area (Å²) in [5.41, 5.74) is 1.99. The molecular formula is C15H16N2O3. The van der Waals surface area contributed by atoms with E-state index in [2.05, 4.69) is 10.3 Å². The Labute approximate surface area is 117 Å². The second-order valence-electron chi connectivity index (χ2n) is 4.60. The van der Waals surface area contributed by atoms with E-state index in [1.807, 2.05) is 0 Å². The van der Waals surface area contributed by atoms with Gasteiger partial charge in [0, 0.05) is 18.2 Å². The lowest BCUT2D eigenvalue weighted by Crippen LogP contribution is -2.14. The summed E-state index contributed by atoms with van der Waals surface area (Å²) in [6.07, 6.45) is 0.140. The van der Waals surface area contributed by atoms with E-state index in [9.17, 15) is 9.59 Å². The van der Waals surface area contributed by atoms with Crippen LogP contribution in [0.5, 0.6) is 0 Å². The van der Waals surface area contributed by atoms with Gasteiger partial charge in [0.25, 0.3) is 0 Å². The SMILES string of the molecule is CC(=O)c1ccc(NC(=O)Cc2oc(C)nc2C)cc1. The second kappa shape index (κ2) is 5.69. The van der Waals surface area contributed by atoms with Crippen LogP contribution in [-0.2, 0) is 11.2 Å². The Morgan fingerprint density at radius 2 is 1.85 bits per heavy atom. The van der Waals surface area contributed by atoms with Crippen molar-refractivity contribution >= 4 is 17.4 Å². The van der Waals surface area contributed by atoms with Crippen LogP contribution in [0.25, 0.3) is 0 Å². The van der Waals surface area contributed by atoms with E-state index in [1.165, 1.54) is 6.92 Å². The minimum atomic E-state index is -0.181. The molecule has 1 amide bonds. The summed E-state index contributed by atoms with van der Waals surface area (Å²) in [4.78, 5) is 27.2. The van der Waals surface area contributed by atoms with Gasteiger partial charge in [-0.15, -0.1) is 0 Å². The number of hydrogen-bond acceptors (Lipinski definition) is 4. The van der Waals surface area contributed by atoms with Crippen molar-refractivity contribution in [2.45, 2.75) is 27.2 Å². The van der Waals surface area contributed by atoms with Crippen LogP contribution in [0.4, 0.5) is 5.69 Å². The molecule has 2 aromatic rings. The Kier molecular flexibility index (Phi) is 3.98. The molecule has 1 N–H and O–H groups in total. The average Bonchev–Trinajstić information content (AvgIpc) is 2.68. The number of aryl methyl sites for hydroxylation is 2. The zero-order valence-electron chi connectivity index (χ0n) is 11.7. The first-order chi connectivity index (χ1) is 9.45. The first kappa shape index (κ1) is 14.0. The van der Waals surface area contributed by atoms with E-state index >= 15 is 0 Å². The van der Waals surface area contributed by atoms with E-state index in [1.54, 1.807) is 38.1 Å². The molecule has 2 rings (SSSR count). The Hall–Kier alpha value is -2.43. The van der Waals surface area contributed by atoms with Gasteiger partial charge in [0.2, 0.25) is 5.91 Å². The van der Waals surface area contributed by atoms with Crippen molar-refractivity contribution in [3.63, 3.8) is 0 Å². The number of anilines is 1. The maximum absolute atomic E-state index is 11.9. The minimum Gasteiger partial charge on any atom is -0.445 e. The normalized spacial score (nSPS) is 10.3. The number of benzene rings is 1. The summed E-state index contributed by atoms with van der Waals surface area (Å²) >= 11 is 0. The summed E-state index contributed by atoms with van der Waals surface area (Å²) in [7, 11) is 0. The zero-order chi connectivity index (χ0) is 14.7. The fourth-order valence-electron chi connectivity index (χ4n) is 1.88. The first-order valence-electron chi connectivity index (χ1n) is 6.29. The van der Waals surface area contributed by atoms with E-state index in [0.717, 1.165) is 5.69 Å². The van der Waals surface area contributed by atoms with Gasteiger partial charge in [-0.2, -0.15) is 0 Å². The highest BCUT2D eigenvalue weighted by molar-refractivity contribution is 5.96. The van der Waals surface area contributed by atoms with Gasteiger partial charge in [-0.05, 0) is 38.1 Å². The molecule has 0 bridgehead atoms. The van der Waals surface area contributed by atoms with E-state index in [0.29, 0.717) is 22.9 Å². The molecule has 5 heteroatoms. The lowest BCUT2D eigenvalue weighted by molar-refractivity contribution is -0.115. The number of hydrogen-bond donors (Lipinski definition) is 1. The lowest BCUT2D eigenvalue weighted by atomic mass is 10.1. The number of oxazole rings is 1. The fourth-order valence-corrected chi connectivity index (χ4v) is 1.88. The number of carbonyl (C=O) groups excluding carboxylic acids is 2. The predicted molar refractivity (Wildman–Crippen MR) is 74.8 cm³/mol. The molecule has 0 aliphatic heterocycles. The molecular weight excluding hydrogens is 256 g/mol. The van der Waals surface area contributed by atoms with Gasteiger partial charge in [0.05, 0.1) is 12.1 Å². The summed E-state index contributed by atoms with van der Waals surface area (Å²) in [6.45, 7) is 5.05. The third-order valence-corrected chi connectivity index (χ3v) is 2.90. The third kappa shape index (κ3) is 3.32. The number of amides is 1. The molecule has 0 saturated carbocycles. The van der Waals surface area contributed by atoms with Crippen LogP contribution in [0.15, 0.2) is 28.7 Å². The third-order valence-electron chi connectivity index (χ3n) is 2.90. The Morgan fingerprint density at radius 1 is 1.20 bits per heavy atom. The molecule has 0 saturated heterocycles. The topological polar surface area (TPSA) is 72.2 Å². The van der Waals surface area contributed by atoms with Crippen LogP contribution < -0.4 is 5.32 Å². The minimum absolute atomic E-state index is 0.00404. The van der Waals surface area contributed by atoms with Crippen LogP contribution in [-0.4, -0.2) is 16.7 Å². The summed E-state index contributed by atoms with van der Waals surface area (Å²) in [5, 5.41) is 2.76. The number of aromatic nitrogens is 1. The monoisotopic (exact) mass is 272 g/mol. The molecule has 0 atom stereocenters. The van der Waals surface area contributed by atoms with Crippen molar-refractivity contribution in [3.05, 3.63) is 47.2 Å². The summed E-state index contributed by atoms with van der Waals surface area (Å²) in [5.74, 6) is 0.937. The molecule has 20 heavy (non-hydrogen) atoms. The van der Waals surface area contributed by atoms with E-state index in [4.69, 9.17) is 4.42 Å². The molecule has 1 aromatic carbocycles. The van der Waals surface area contributed by atoms with Crippen LogP contribution in [0.3, 0.4) is 0 Å². The molecule has 104 valence electrons. The quantitative estimate of drug-likeness (QED) is 0.868. The highest BCUT2D eigenvalue weighted by atomic mass is 16.4. The number of ketones is 1. The predicted octanol–water partition coefficient (Wildman–Crippen LogP) is 2.68. The Bertz CT molecular complexity index is 642. The van der Waals surface area contributed by atoms with Gasteiger partial charge in [-0.3, -0.25) is 9.59 Å². The second-order valence-corrected chi connectivity index (χ2v) is 4.60. The molecule has 0 aliphatic rings. The van der Waals surface area contributed by atoms with Crippen LogP contribution >= 0.6 is 0 Å². The lowest BCUT2D eigenvalue weighted by Gasteiger charge is -2.05. The van der Waals surface area contributed by atoms with Crippen LogP contribution in [0, 0.1) is 13.8 Å². The molecule has 0 radical (unpaired) electrons. The van der Waals surface area contributed by atoms with Gasteiger partial charge < -0.3 is 9.73 Å². The van der Waals surface area contributed by atoms with E-state index < -0.39 is 0 Å². The standard InChI is InChI=1S/C15H16N2O3/c1-9-14(20-11(3)16-9)8-15(19)17-13-6-4-12(5-7-13)10(2)18/h4-7H,8H2,1-3H3,(H,17,19). The molecule has 1 aromatic heterocycles. The van der Waals surface area contributed by atoms with Crippen molar-refractivity contribution in [2.24, 2.45) is 0 Å². The van der Waals surface area contributed by atoms with Crippen molar-refractivity contribution < 1.29 is 14.0 Å². The Morgan fingerprint density at radius 3 is 2.35 bits per heavy atom. The largest absolute Gasteiger partial charge is 0.445 e. The highest BCUT2D eigenvalue weighted by Gasteiger charge is 2.12. The molecule has 0 fully saturated rings. The van der Waals surface area contributed by atoms with Crippen LogP contribution in [0.2, 0.25) is 0 Å².